The SMILES string of the molecule is CC1=CCC=C(C)C1COCC(=O)CC(C)(C)C. The summed E-state index contributed by atoms with van der Waals surface area (Å²) < 4.78 is 5.59. The van der Waals surface area contributed by atoms with Gasteiger partial charge >= 0.3 is 0 Å². The Hall–Kier alpha value is -0.890. The lowest BCUT2D eigenvalue weighted by molar-refractivity contribution is -0.125. The van der Waals surface area contributed by atoms with Crippen molar-refractivity contribution >= 4 is 5.78 Å². The molecule has 1 aliphatic carbocycles. The van der Waals surface area contributed by atoms with E-state index < -0.39 is 0 Å². The molecule has 0 saturated heterocycles. The zero-order valence-corrected chi connectivity index (χ0v) is 12.4. The summed E-state index contributed by atoms with van der Waals surface area (Å²) in [6.45, 7) is 11.4. The number of ether oxygens (including phenoxy) is 1. The molecular weight excluding hydrogens is 224 g/mol. The lowest BCUT2D eigenvalue weighted by atomic mass is 9.88. The lowest BCUT2D eigenvalue weighted by Crippen LogP contribution is -2.21. The van der Waals surface area contributed by atoms with Crippen molar-refractivity contribution in [3.05, 3.63) is 23.3 Å². The van der Waals surface area contributed by atoms with E-state index in [1.54, 1.807) is 0 Å². The van der Waals surface area contributed by atoms with Gasteiger partial charge in [0, 0.05) is 12.3 Å². The third-order valence-corrected chi connectivity index (χ3v) is 3.25. The molecule has 0 N–H and O–H groups in total. The smallest absolute Gasteiger partial charge is 0.158 e. The highest BCUT2D eigenvalue weighted by atomic mass is 16.5. The average Bonchev–Trinajstić information content (AvgIpc) is 2.19. The first kappa shape index (κ1) is 15.2. The molecule has 0 aliphatic heterocycles. The predicted octanol–water partition coefficient (Wildman–Crippen LogP) is 3.92. The molecule has 0 heterocycles. The van der Waals surface area contributed by atoms with Crippen LogP contribution < -0.4 is 0 Å². The highest BCUT2D eigenvalue weighted by Gasteiger charge is 2.18. The van der Waals surface area contributed by atoms with E-state index in [1.807, 2.05) is 0 Å². The quantitative estimate of drug-likeness (QED) is 0.691. The third kappa shape index (κ3) is 5.18. The summed E-state index contributed by atoms with van der Waals surface area (Å²) in [6.07, 6.45) is 6.08. The molecule has 0 atom stereocenters. The molecular formula is C16H26O2. The normalized spacial score (nSPS) is 17.4. The largest absolute Gasteiger partial charge is 0.373 e. The fourth-order valence-electron chi connectivity index (χ4n) is 2.27. The number of ketones is 1. The Morgan fingerprint density at radius 2 is 1.83 bits per heavy atom. The van der Waals surface area contributed by atoms with Gasteiger partial charge in [-0.25, -0.2) is 0 Å². The molecule has 0 spiro atoms. The maximum Gasteiger partial charge on any atom is 0.158 e. The molecule has 0 bridgehead atoms. The van der Waals surface area contributed by atoms with Crippen molar-refractivity contribution < 1.29 is 9.53 Å². The van der Waals surface area contributed by atoms with Crippen LogP contribution in [0.2, 0.25) is 0 Å². The summed E-state index contributed by atoms with van der Waals surface area (Å²) in [5.41, 5.74) is 2.77. The van der Waals surface area contributed by atoms with Crippen LogP contribution in [0.1, 0.15) is 47.5 Å². The van der Waals surface area contributed by atoms with Crippen molar-refractivity contribution in [3.8, 4) is 0 Å². The molecule has 0 fully saturated rings. The standard InChI is InChI=1S/C16H26O2/c1-12-7-6-8-13(2)15(12)11-18-10-14(17)9-16(3,4)5/h7-8,15H,6,9-11H2,1-5H3. The number of rotatable bonds is 5. The maximum atomic E-state index is 11.7. The fourth-order valence-corrected chi connectivity index (χ4v) is 2.27. The second-order valence-corrected chi connectivity index (χ2v) is 6.48. The van der Waals surface area contributed by atoms with Crippen LogP contribution in [-0.4, -0.2) is 19.0 Å². The van der Waals surface area contributed by atoms with Crippen molar-refractivity contribution in [1.82, 2.24) is 0 Å². The second-order valence-electron chi connectivity index (χ2n) is 6.48. The van der Waals surface area contributed by atoms with Gasteiger partial charge in [0.15, 0.2) is 5.78 Å². The Morgan fingerprint density at radius 1 is 1.28 bits per heavy atom. The number of carbonyl (C=O) groups excluding carboxylic acids is 1. The van der Waals surface area contributed by atoms with Crippen LogP contribution in [0.15, 0.2) is 23.3 Å². The van der Waals surface area contributed by atoms with E-state index in [2.05, 4.69) is 46.8 Å². The Labute approximate surface area is 111 Å². The monoisotopic (exact) mass is 250 g/mol. The van der Waals surface area contributed by atoms with E-state index in [0.29, 0.717) is 18.9 Å². The molecule has 0 aromatic rings. The summed E-state index contributed by atoms with van der Waals surface area (Å²) in [5, 5.41) is 0. The van der Waals surface area contributed by atoms with Crippen molar-refractivity contribution in [2.24, 2.45) is 11.3 Å². The molecule has 0 aromatic heterocycles. The first-order valence-corrected chi connectivity index (χ1v) is 6.72. The van der Waals surface area contributed by atoms with E-state index in [1.165, 1.54) is 11.1 Å². The highest BCUT2D eigenvalue weighted by molar-refractivity contribution is 5.80. The summed E-state index contributed by atoms with van der Waals surface area (Å²) in [6, 6.07) is 0. The Balaban J connectivity index is 2.34. The van der Waals surface area contributed by atoms with Crippen molar-refractivity contribution in [3.63, 3.8) is 0 Å². The predicted molar refractivity (Wildman–Crippen MR) is 75.5 cm³/mol. The molecule has 0 unspecified atom stereocenters. The molecule has 2 nitrogen and oxygen atoms in total. The molecule has 102 valence electrons. The van der Waals surface area contributed by atoms with Crippen LogP contribution in [-0.2, 0) is 9.53 Å². The van der Waals surface area contributed by atoms with E-state index in [4.69, 9.17) is 4.74 Å². The van der Waals surface area contributed by atoms with E-state index in [9.17, 15) is 4.79 Å². The molecule has 1 rings (SSSR count). The van der Waals surface area contributed by atoms with Crippen molar-refractivity contribution in [2.75, 3.05) is 13.2 Å². The molecule has 0 amide bonds. The van der Waals surface area contributed by atoms with Crippen LogP contribution in [0.25, 0.3) is 0 Å². The first-order chi connectivity index (χ1) is 8.29. The van der Waals surface area contributed by atoms with E-state index >= 15 is 0 Å². The van der Waals surface area contributed by atoms with Gasteiger partial charge in [0.25, 0.3) is 0 Å². The second kappa shape index (κ2) is 6.33. The minimum atomic E-state index is 0.0525. The highest BCUT2D eigenvalue weighted by Crippen LogP contribution is 2.25. The Bertz CT molecular complexity index is 338. The minimum absolute atomic E-state index is 0.0525. The van der Waals surface area contributed by atoms with Gasteiger partial charge in [-0.15, -0.1) is 0 Å². The minimum Gasteiger partial charge on any atom is -0.373 e. The summed E-state index contributed by atoms with van der Waals surface area (Å²) in [7, 11) is 0. The van der Waals surface area contributed by atoms with Gasteiger partial charge in [-0.2, -0.15) is 0 Å². The lowest BCUT2D eigenvalue weighted by Gasteiger charge is -2.22. The number of carbonyl (C=O) groups is 1. The van der Waals surface area contributed by atoms with Gasteiger partial charge in [-0.05, 0) is 25.7 Å². The maximum absolute atomic E-state index is 11.7. The zero-order chi connectivity index (χ0) is 13.8. The van der Waals surface area contributed by atoms with Crippen LogP contribution >= 0.6 is 0 Å². The van der Waals surface area contributed by atoms with E-state index in [0.717, 1.165) is 6.42 Å². The molecule has 0 saturated carbocycles. The van der Waals surface area contributed by atoms with Gasteiger partial charge < -0.3 is 4.74 Å². The Kier molecular flexibility index (Phi) is 5.33. The Morgan fingerprint density at radius 3 is 2.33 bits per heavy atom. The van der Waals surface area contributed by atoms with Gasteiger partial charge in [0.05, 0.1) is 6.61 Å². The summed E-state index contributed by atoms with van der Waals surface area (Å²) in [5.74, 6) is 0.558. The van der Waals surface area contributed by atoms with Crippen LogP contribution in [0.5, 0.6) is 0 Å². The molecule has 0 aromatic carbocycles. The van der Waals surface area contributed by atoms with Crippen molar-refractivity contribution in [1.29, 1.82) is 0 Å². The molecule has 2 heteroatoms. The fraction of sp³-hybridized carbons (Fsp3) is 0.688. The van der Waals surface area contributed by atoms with Crippen molar-refractivity contribution in [2.45, 2.75) is 47.5 Å². The molecule has 1 aliphatic rings. The van der Waals surface area contributed by atoms with E-state index in [-0.39, 0.29) is 17.8 Å². The van der Waals surface area contributed by atoms with Gasteiger partial charge in [0.1, 0.15) is 6.61 Å². The average molecular weight is 250 g/mol. The number of Topliss-reactive ketones (excluding diaryl/α,β-unsaturated/α-hetero) is 1. The topological polar surface area (TPSA) is 26.3 Å². The number of allylic oxidation sites excluding steroid dienone is 2. The van der Waals surface area contributed by atoms with Crippen LogP contribution in [0.3, 0.4) is 0 Å². The molecule has 0 radical (unpaired) electrons. The molecule has 18 heavy (non-hydrogen) atoms. The van der Waals surface area contributed by atoms with Crippen LogP contribution in [0, 0.1) is 11.3 Å². The zero-order valence-electron chi connectivity index (χ0n) is 12.4. The summed E-state index contributed by atoms with van der Waals surface area (Å²) >= 11 is 0. The summed E-state index contributed by atoms with van der Waals surface area (Å²) in [4.78, 5) is 11.7. The first-order valence-electron chi connectivity index (χ1n) is 6.72. The van der Waals surface area contributed by atoms with Gasteiger partial charge in [-0.1, -0.05) is 44.1 Å². The third-order valence-electron chi connectivity index (χ3n) is 3.25. The van der Waals surface area contributed by atoms with Gasteiger partial charge in [-0.3, -0.25) is 4.79 Å². The number of hydrogen-bond donors (Lipinski definition) is 0. The van der Waals surface area contributed by atoms with Gasteiger partial charge in [0.2, 0.25) is 0 Å². The number of hydrogen-bond acceptors (Lipinski definition) is 2. The van der Waals surface area contributed by atoms with Crippen LogP contribution in [0.4, 0.5) is 0 Å².